The van der Waals surface area contributed by atoms with Crippen molar-refractivity contribution in [1.29, 1.82) is 0 Å². The van der Waals surface area contributed by atoms with E-state index in [1.807, 2.05) is 0 Å². The van der Waals surface area contributed by atoms with Crippen molar-refractivity contribution in [3.63, 3.8) is 0 Å². The summed E-state index contributed by atoms with van der Waals surface area (Å²) in [5.41, 5.74) is 1.21. The van der Waals surface area contributed by atoms with Crippen LogP contribution in [-0.4, -0.2) is 57.6 Å². The van der Waals surface area contributed by atoms with Gasteiger partial charge in [-0.25, -0.2) is 0 Å². The summed E-state index contributed by atoms with van der Waals surface area (Å²) in [4.78, 5) is 5.04. The van der Waals surface area contributed by atoms with Crippen LogP contribution >= 0.6 is 15.9 Å². The number of alkyl halides is 1. The van der Waals surface area contributed by atoms with Gasteiger partial charge in [-0.2, -0.15) is 5.10 Å². The van der Waals surface area contributed by atoms with Gasteiger partial charge in [-0.3, -0.25) is 14.5 Å². The second kappa shape index (κ2) is 8.15. The van der Waals surface area contributed by atoms with E-state index in [1.54, 1.807) is 0 Å². The van der Waals surface area contributed by atoms with Gasteiger partial charge >= 0.3 is 0 Å². The summed E-state index contributed by atoms with van der Waals surface area (Å²) in [7, 11) is 0. The first-order chi connectivity index (χ1) is 9.76. The van der Waals surface area contributed by atoms with Crippen LogP contribution < -0.4 is 0 Å². The molecule has 0 radical (unpaired) electrons. The summed E-state index contributed by atoms with van der Waals surface area (Å²) < 4.78 is 2.15. The van der Waals surface area contributed by atoms with Crippen molar-refractivity contribution in [3.8, 4) is 0 Å². The summed E-state index contributed by atoms with van der Waals surface area (Å²) in [6.45, 7) is 11.3. The minimum Gasteiger partial charge on any atom is -0.300 e. The lowest BCUT2D eigenvalue weighted by Gasteiger charge is -2.33. The van der Waals surface area contributed by atoms with Gasteiger partial charge in [0.2, 0.25) is 0 Å². The SMILES string of the molecule is CCC(CC)n1ccc(CN2CCN(CCBr)CC2)n1. The average Bonchev–Trinajstić information content (AvgIpc) is 2.91. The molecule has 0 unspecified atom stereocenters. The third kappa shape index (κ3) is 4.30. The zero-order valence-corrected chi connectivity index (χ0v) is 14.3. The van der Waals surface area contributed by atoms with Crippen molar-refractivity contribution < 1.29 is 0 Å². The molecule has 114 valence electrons. The molecule has 20 heavy (non-hydrogen) atoms. The van der Waals surface area contributed by atoms with E-state index in [-0.39, 0.29) is 0 Å². The van der Waals surface area contributed by atoms with Crippen molar-refractivity contribution in [1.82, 2.24) is 19.6 Å². The van der Waals surface area contributed by atoms with Gasteiger partial charge in [-0.15, -0.1) is 0 Å². The molecule has 1 aliphatic heterocycles. The first-order valence-corrected chi connectivity index (χ1v) is 8.93. The van der Waals surface area contributed by atoms with E-state index in [0.29, 0.717) is 6.04 Å². The van der Waals surface area contributed by atoms with Gasteiger partial charge in [0.05, 0.1) is 11.7 Å². The third-order valence-corrected chi connectivity index (χ3v) is 4.59. The highest BCUT2D eigenvalue weighted by atomic mass is 79.9. The Hall–Kier alpha value is -0.390. The predicted octanol–water partition coefficient (Wildman–Crippen LogP) is 2.76. The predicted molar refractivity (Wildman–Crippen MR) is 87.4 cm³/mol. The monoisotopic (exact) mass is 342 g/mol. The van der Waals surface area contributed by atoms with Crippen LogP contribution in [0.15, 0.2) is 12.3 Å². The molecule has 0 N–H and O–H groups in total. The lowest BCUT2D eigenvalue weighted by molar-refractivity contribution is 0.131. The van der Waals surface area contributed by atoms with Gasteiger partial charge < -0.3 is 0 Å². The third-order valence-electron chi connectivity index (χ3n) is 4.23. The van der Waals surface area contributed by atoms with Gasteiger partial charge in [-0.05, 0) is 18.9 Å². The Kier molecular flexibility index (Phi) is 6.52. The Morgan fingerprint density at radius 3 is 2.40 bits per heavy atom. The second-order valence-electron chi connectivity index (χ2n) is 5.56. The smallest absolute Gasteiger partial charge is 0.0764 e. The Morgan fingerprint density at radius 1 is 1.15 bits per heavy atom. The molecule has 0 aliphatic carbocycles. The molecule has 1 aromatic rings. The highest BCUT2D eigenvalue weighted by Gasteiger charge is 2.17. The van der Waals surface area contributed by atoms with Crippen LogP contribution in [0.1, 0.15) is 38.4 Å². The van der Waals surface area contributed by atoms with E-state index in [2.05, 4.69) is 56.5 Å². The van der Waals surface area contributed by atoms with E-state index in [1.165, 1.54) is 18.8 Å². The first kappa shape index (κ1) is 16.0. The molecule has 2 rings (SSSR count). The van der Waals surface area contributed by atoms with Crippen LogP contribution in [0.25, 0.3) is 0 Å². The Bertz CT molecular complexity index is 381. The van der Waals surface area contributed by atoms with Gasteiger partial charge in [0.25, 0.3) is 0 Å². The van der Waals surface area contributed by atoms with Crippen LogP contribution in [0.3, 0.4) is 0 Å². The summed E-state index contributed by atoms with van der Waals surface area (Å²) in [6.07, 6.45) is 4.46. The zero-order valence-electron chi connectivity index (χ0n) is 12.8. The molecule has 0 atom stereocenters. The molecule has 0 aromatic carbocycles. The highest BCUT2D eigenvalue weighted by Crippen LogP contribution is 2.15. The van der Waals surface area contributed by atoms with Crippen molar-refractivity contribution in [2.24, 2.45) is 0 Å². The van der Waals surface area contributed by atoms with E-state index in [0.717, 1.165) is 44.4 Å². The van der Waals surface area contributed by atoms with Crippen LogP contribution in [-0.2, 0) is 6.54 Å². The van der Waals surface area contributed by atoms with E-state index in [4.69, 9.17) is 5.10 Å². The molecular weight excluding hydrogens is 316 g/mol. The number of hydrogen-bond donors (Lipinski definition) is 0. The fourth-order valence-electron chi connectivity index (χ4n) is 2.85. The molecule has 1 aromatic heterocycles. The number of rotatable bonds is 7. The molecule has 1 aliphatic rings. The fourth-order valence-corrected chi connectivity index (χ4v) is 3.35. The molecular formula is C15H27BrN4. The largest absolute Gasteiger partial charge is 0.300 e. The summed E-state index contributed by atoms with van der Waals surface area (Å²) in [5.74, 6) is 0. The maximum absolute atomic E-state index is 4.76. The topological polar surface area (TPSA) is 24.3 Å². The summed E-state index contributed by atoms with van der Waals surface area (Å²) >= 11 is 3.52. The van der Waals surface area contributed by atoms with Crippen molar-refractivity contribution in [2.75, 3.05) is 38.1 Å². The molecule has 5 heteroatoms. The van der Waals surface area contributed by atoms with Crippen molar-refractivity contribution in [2.45, 2.75) is 39.3 Å². The molecule has 0 spiro atoms. The minimum absolute atomic E-state index is 0.555. The highest BCUT2D eigenvalue weighted by molar-refractivity contribution is 9.09. The Labute approximate surface area is 131 Å². The molecule has 1 fully saturated rings. The van der Waals surface area contributed by atoms with Gasteiger partial charge in [-0.1, -0.05) is 29.8 Å². The fraction of sp³-hybridized carbons (Fsp3) is 0.800. The van der Waals surface area contributed by atoms with Crippen LogP contribution in [0.2, 0.25) is 0 Å². The zero-order chi connectivity index (χ0) is 14.4. The molecule has 1 saturated heterocycles. The number of piperazine rings is 1. The number of nitrogens with zero attached hydrogens (tertiary/aromatic N) is 4. The van der Waals surface area contributed by atoms with E-state index >= 15 is 0 Å². The normalized spacial score (nSPS) is 18.0. The van der Waals surface area contributed by atoms with Crippen LogP contribution in [0.4, 0.5) is 0 Å². The maximum Gasteiger partial charge on any atom is 0.0764 e. The standard InChI is InChI=1S/C15H27BrN4/c1-3-15(4-2)20-7-5-14(17-20)13-19-11-9-18(8-6-16)10-12-19/h5,7,15H,3-4,6,8-13H2,1-2H3. The molecule has 0 saturated carbocycles. The van der Waals surface area contributed by atoms with Gasteiger partial charge in [0.15, 0.2) is 0 Å². The number of aromatic nitrogens is 2. The minimum atomic E-state index is 0.555. The first-order valence-electron chi connectivity index (χ1n) is 7.81. The van der Waals surface area contributed by atoms with Gasteiger partial charge in [0, 0.05) is 50.8 Å². The van der Waals surface area contributed by atoms with E-state index < -0.39 is 0 Å². The molecule has 2 heterocycles. The van der Waals surface area contributed by atoms with Crippen molar-refractivity contribution >= 4 is 15.9 Å². The summed E-state index contributed by atoms with van der Waals surface area (Å²) in [6, 6.07) is 2.74. The number of hydrogen-bond acceptors (Lipinski definition) is 3. The molecule has 0 bridgehead atoms. The Morgan fingerprint density at radius 2 is 1.80 bits per heavy atom. The van der Waals surface area contributed by atoms with Crippen molar-refractivity contribution in [3.05, 3.63) is 18.0 Å². The quantitative estimate of drug-likeness (QED) is 0.712. The van der Waals surface area contributed by atoms with Crippen LogP contribution in [0.5, 0.6) is 0 Å². The lowest BCUT2D eigenvalue weighted by atomic mass is 10.2. The maximum atomic E-state index is 4.76. The van der Waals surface area contributed by atoms with E-state index in [9.17, 15) is 0 Å². The number of halogens is 1. The second-order valence-corrected chi connectivity index (χ2v) is 6.36. The molecule has 4 nitrogen and oxygen atoms in total. The summed E-state index contributed by atoms with van der Waals surface area (Å²) in [5, 5.41) is 5.83. The molecule has 0 amide bonds. The lowest BCUT2D eigenvalue weighted by Crippen LogP contribution is -2.46. The van der Waals surface area contributed by atoms with Gasteiger partial charge in [0.1, 0.15) is 0 Å². The Balaban J connectivity index is 1.82. The van der Waals surface area contributed by atoms with Crippen LogP contribution in [0, 0.1) is 0 Å². The average molecular weight is 343 g/mol.